The van der Waals surface area contributed by atoms with E-state index in [0.717, 1.165) is 12.0 Å². The Labute approximate surface area is 148 Å². The predicted octanol–water partition coefficient (Wildman–Crippen LogP) is 3.09. The van der Waals surface area contributed by atoms with Crippen molar-refractivity contribution in [3.63, 3.8) is 0 Å². The molecule has 2 amide bonds. The van der Waals surface area contributed by atoms with Gasteiger partial charge in [0.05, 0.1) is 6.61 Å². The highest BCUT2D eigenvalue weighted by Crippen LogP contribution is 2.25. The van der Waals surface area contributed by atoms with Crippen LogP contribution in [0.4, 0.5) is 4.79 Å². The smallest absolute Gasteiger partial charge is 0.320 e. The van der Waals surface area contributed by atoms with Crippen LogP contribution in [-0.2, 0) is 6.42 Å². The lowest BCUT2D eigenvalue weighted by molar-refractivity contribution is 0.185. The van der Waals surface area contributed by atoms with E-state index in [1.54, 1.807) is 17.3 Å². The van der Waals surface area contributed by atoms with Gasteiger partial charge in [-0.05, 0) is 50.1 Å². The number of pyridine rings is 1. The molecule has 0 aliphatic carbocycles. The number of nitrogens with one attached hydrogen (secondary N) is 1. The first-order chi connectivity index (χ1) is 12.2. The zero-order valence-corrected chi connectivity index (χ0v) is 14.8. The summed E-state index contributed by atoms with van der Waals surface area (Å²) in [6, 6.07) is 11.2. The normalized spacial score (nSPS) is 10.2. The summed E-state index contributed by atoms with van der Waals surface area (Å²) in [5, 5.41) is 2.78. The monoisotopic (exact) mass is 343 g/mol. The third-order valence-electron chi connectivity index (χ3n) is 3.69. The molecule has 0 saturated carbocycles. The number of urea groups is 1. The summed E-state index contributed by atoms with van der Waals surface area (Å²) >= 11 is 0. The lowest BCUT2D eigenvalue weighted by atomic mass is 10.2. The molecule has 0 radical (unpaired) electrons. The molecule has 0 fully saturated rings. The van der Waals surface area contributed by atoms with Gasteiger partial charge in [-0.25, -0.2) is 4.79 Å². The van der Waals surface area contributed by atoms with Crippen molar-refractivity contribution in [3.8, 4) is 11.5 Å². The van der Waals surface area contributed by atoms with Crippen molar-refractivity contribution in [2.75, 3.05) is 26.4 Å². The van der Waals surface area contributed by atoms with E-state index >= 15 is 0 Å². The van der Waals surface area contributed by atoms with Gasteiger partial charge in [0.15, 0.2) is 18.2 Å². The van der Waals surface area contributed by atoms with E-state index < -0.39 is 0 Å². The summed E-state index contributed by atoms with van der Waals surface area (Å²) in [6.07, 6.45) is 4.31. The van der Waals surface area contributed by atoms with Gasteiger partial charge in [-0.3, -0.25) is 4.98 Å². The Kier molecular flexibility index (Phi) is 7.56. The molecule has 0 unspecified atom stereocenters. The average molecular weight is 343 g/mol. The van der Waals surface area contributed by atoms with E-state index in [0.29, 0.717) is 31.2 Å². The van der Waals surface area contributed by atoms with Gasteiger partial charge in [0.1, 0.15) is 0 Å². The van der Waals surface area contributed by atoms with Gasteiger partial charge < -0.3 is 19.7 Å². The Morgan fingerprint density at radius 1 is 1.08 bits per heavy atom. The zero-order chi connectivity index (χ0) is 17.9. The van der Waals surface area contributed by atoms with Gasteiger partial charge in [0.2, 0.25) is 0 Å². The molecule has 2 rings (SSSR count). The minimum Gasteiger partial charge on any atom is -0.490 e. The number of para-hydroxylation sites is 2. The Morgan fingerprint density at radius 3 is 2.40 bits per heavy atom. The van der Waals surface area contributed by atoms with Crippen molar-refractivity contribution in [2.45, 2.75) is 20.3 Å². The van der Waals surface area contributed by atoms with Crippen molar-refractivity contribution in [3.05, 3.63) is 54.4 Å². The first kappa shape index (κ1) is 18.6. The first-order valence-corrected chi connectivity index (χ1v) is 8.50. The fraction of sp³-hybridized carbons (Fsp3) is 0.368. The number of hydrogen-bond donors (Lipinski definition) is 1. The molecule has 6 nitrogen and oxygen atoms in total. The van der Waals surface area contributed by atoms with Crippen molar-refractivity contribution >= 4 is 6.03 Å². The van der Waals surface area contributed by atoms with E-state index in [4.69, 9.17) is 9.47 Å². The van der Waals surface area contributed by atoms with Gasteiger partial charge >= 0.3 is 6.03 Å². The Balaban J connectivity index is 1.80. The highest BCUT2D eigenvalue weighted by atomic mass is 16.5. The molecule has 1 heterocycles. The van der Waals surface area contributed by atoms with E-state index in [1.165, 1.54) is 0 Å². The lowest BCUT2D eigenvalue weighted by Gasteiger charge is -2.21. The second-order valence-corrected chi connectivity index (χ2v) is 5.34. The maximum Gasteiger partial charge on any atom is 0.320 e. The van der Waals surface area contributed by atoms with Gasteiger partial charge in [0.25, 0.3) is 0 Å². The summed E-state index contributed by atoms with van der Waals surface area (Å²) in [6.45, 7) is 5.80. The quantitative estimate of drug-likeness (QED) is 0.711. The highest BCUT2D eigenvalue weighted by Gasteiger charge is 2.11. The molecule has 0 aliphatic heterocycles. The minimum absolute atomic E-state index is 0.0919. The number of hydrogen-bond acceptors (Lipinski definition) is 4. The molecule has 1 aromatic carbocycles. The van der Waals surface area contributed by atoms with Gasteiger partial charge in [-0.15, -0.1) is 0 Å². The second kappa shape index (κ2) is 10.2. The fourth-order valence-electron chi connectivity index (χ4n) is 2.35. The number of benzene rings is 1. The maximum absolute atomic E-state index is 12.3. The topological polar surface area (TPSA) is 63.7 Å². The molecule has 0 saturated heterocycles. The third kappa shape index (κ3) is 5.99. The molecule has 2 aromatic rings. The minimum atomic E-state index is -0.148. The van der Waals surface area contributed by atoms with E-state index in [1.807, 2.05) is 50.2 Å². The molecular formula is C19H25N3O3. The number of carbonyl (C=O) groups is 1. The number of ether oxygens (including phenoxy) is 2. The molecule has 0 aliphatic rings. The number of rotatable bonds is 9. The molecule has 0 atom stereocenters. The third-order valence-corrected chi connectivity index (χ3v) is 3.69. The summed E-state index contributed by atoms with van der Waals surface area (Å²) in [5.41, 5.74) is 1.16. The van der Waals surface area contributed by atoms with Crippen LogP contribution in [0, 0.1) is 0 Å². The molecule has 1 N–H and O–H groups in total. The van der Waals surface area contributed by atoms with Crippen molar-refractivity contribution < 1.29 is 14.3 Å². The average Bonchev–Trinajstić information content (AvgIpc) is 2.65. The Bertz CT molecular complexity index is 649. The van der Waals surface area contributed by atoms with Crippen LogP contribution < -0.4 is 14.8 Å². The van der Waals surface area contributed by atoms with Crippen LogP contribution in [-0.4, -0.2) is 42.3 Å². The number of carbonyl (C=O) groups excluding carboxylic acids is 1. The van der Waals surface area contributed by atoms with Gasteiger partial charge in [-0.2, -0.15) is 0 Å². The second-order valence-electron chi connectivity index (χ2n) is 5.34. The van der Waals surface area contributed by atoms with Crippen LogP contribution in [0.2, 0.25) is 0 Å². The summed E-state index contributed by atoms with van der Waals surface area (Å²) < 4.78 is 11.1. The van der Waals surface area contributed by atoms with E-state index in [-0.39, 0.29) is 12.8 Å². The zero-order valence-electron chi connectivity index (χ0n) is 14.8. The van der Waals surface area contributed by atoms with Crippen LogP contribution in [0.5, 0.6) is 11.5 Å². The van der Waals surface area contributed by atoms with E-state index in [9.17, 15) is 4.79 Å². The Morgan fingerprint density at radius 2 is 1.76 bits per heavy atom. The lowest BCUT2D eigenvalue weighted by Crippen LogP contribution is -2.42. The summed E-state index contributed by atoms with van der Waals surface area (Å²) in [7, 11) is 0. The number of nitrogens with zero attached hydrogens (tertiary/aromatic N) is 2. The standard InChI is InChI=1S/C19H25N3O3/c1-3-22(14-11-16-9-12-20-13-10-16)19(23)21-15-25-18-8-6-5-7-17(18)24-4-2/h5-10,12-13H,3-4,11,14-15H2,1-2H3,(H,21,23). The van der Waals surface area contributed by atoms with Gasteiger partial charge in [-0.1, -0.05) is 12.1 Å². The summed E-state index contributed by atoms with van der Waals surface area (Å²) in [5.74, 6) is 1.29. The van der Waals surface area contributed by atoms with Crippen LogP contribution in [0.1, 0.15) is 19.4 Å². The highest BCUT2D eigenvalue weighted by molar-refractivity contribution is 5.74. The van der Waals surface area contributed by atoms with Crippen LogP contribution in [0.25, 0.3) is 0 Å². The number of aromatic nitrogens is 1. The van der Waals surface area contributed by atoms with Crippen LogP contribution in [0.15, 0.2) is 48.8 Å². The number of amides is 2. The molecule has 0 spiro atoms. The van der Waals surface area contributed by atoms with Crippen LogP contribution in [0.3, 0.4) is 0 Å². The van der Waals surface area contributed by atoms with Crippen LogP contribution >= 0.6 is 0 Å². The van der Waals surface area contributed by atoms with Gasteiger partial charge in [0, 0.05) is 25.5 Å². The molecule has 25 heavy (non-hydrogen) atoms. The SMILES string of the molecule is CCOc1ccccc1OCNC(=O)N(CC)CCc1ccncc1. The molecule has 134 valence electrons. The van der Waals surface area contributed by atoms with Crippen molar-refractivity contribution in [1.29, 1.82) is 0 Å². The van der Waals surface area contributed by atoms with Crippen molar-refractivity contribution in [2.24, 2.45) is 0 Å². The Hall–Kier alpha value is -2.76. The fourth-order valence-corrected chi connectivity index (χ4v) is 2.35. The number of likely N-dealkylation sites (N-methyl/N-ethyl adjacent to an activating group) is 1. The predicted molar refractivity (Wildman–Crippen MR) is 96.8 cm³/mol. The first-order valence-electron chi connectivity index (χ1n) is 8.50. The van der Waals surface area contributed by atoms with E-state index in [2.05, 4.69) is 10.3 Å². The largest absolute Gasteiger partial charge is 0.490 e. The molecular weight excluding hydrogens is 318 g/mol. The maximum atomic E-state index is 12.3. The molecule has 0 bridgehead atoms. The molecule has 1 aromatic heterocycles. The van der Waals surface area contributed by atoms with Crippen molar-refractivity contribution in [1.82, 2.24) is 15.2 Å². The summed E-state index contributed by atoms with van der Waals surface area (Å²) in [4.78, 5) is 18.0. The molecule has 6 heteroatoms.